The van der Waals surface area contributed by atoms with Gasteiger partial charge in [0, 0.05) is 57.0 Å². The molecule has 8 nitrogen and oxygen atoms in total. The van der Waals surface area contributed by atoms with Crippen molar-refractivity contribution < 1.29 is 4.79 Å². The van der Waals surface area contributed by atoms with Gasteiger partial charge in [-0.2, -0.15) is 0 Å². The van der Waals surface area contributed by atoms with E-state index in [9.17, 15) is 4.79 Å². The molecule has 0 aliphatic carbocycles. The summed E-state index contributed by atoms with van der Waals surface area (Å²) in [5, 5.41) is 8.66. The van der Waals surface area contributed by atoms with Crippen molar-refractivity contribution in [1.29, 1.82) is 0 Å². The minimum Gasteiger partial charge on any atom is -0.352 e. The Labute approximate surface area is 163 Å². The van der Waals surface area contributed by atoms with E-state index >= 15 is 0 Å². The van der Waals surface area contributed by atoms with E-state index in [1.807, 2.05) is 46.9 Å². The van der Waals surface area contributed by atoms with Crippen LogP contribution in [0.25, 0.3) is 11.9 Å². The highest BCUT2D eigenvalue weighted by atomic mass is 16.2. The van der Waals surface area contributed by atoms with Crippen molar-refractivity contribution in [3.05, 3.63) is 66.5 Å². The number of rotatable bonds is 4. The van der Waals surface area contributed by atoms with Crippen LogP contribution in [0.4, 0.5) is 5.82 Å². The number of carbonyl (C=O) groups is 1. The van der Waals surface area contributed by atoms with Crippen LogP contribution in [0.3, 0.4) is 0 Å². The molecule has 1 fully saturated rings. The fourth-order valence-corrected chi connectivity index (χ4v) is 3.14. The van der Waals surface area contributed by atoms with Crippen molar-refractivity contribution >= 4 is 17.8 Å². The lowest BCUT2D eigenvalue weighted by Crippen LogP contribution is -2.48. The van der Waals surface area contributed by atoms with Gasteiger partial charge in [-0.25, -0.2) is 4.98 Å². The molecule has 0 bridgehead atoms. The van der Waals surface area contributed by atoms with Crippen LogP contribution in [0.1, 0.15) is 11.4 Å². The molecule has 0 saturated carbocycles. The summed E-state index contributed by atoms with van der Waals surface area (Å²) in [6.45, 7) is 4.68. The smallest absolute Gasteiger partial charge is 0.246 e. The molecule has 3 aromatic heterocycles. The van der Waals surface area contributed by atoms with E-state index in [1.165, 1.54) is 0 Å². The van der Waals surface area contributed by atoms with E-state index < -0.39 is 0 Å². The van der Waals surface area contributed by atoms with Crippen LogP contribution in [0.5, 0.6) is 0 Å². The lowest BCUT2D eigenvalue weighted by molar-refractivity contribution is -0.126. The molecule has 1 aliphatic rings. The fourth-order valence-electron chi connectivity index (χ4n) is 3.14. The maximum absolute atomic E-state index is 12.4. The van der Waals surface area contributed by atoms with E-state index in [2.05, 4.69) is 25.1 Å². The van der Waals surface area contributed by atoms with Crippen molar-refractivity contribution in [3.8, 4) is 5.82 Å². The van der Waals surface area contributed by atoms with Crippen LogP contribution in [0.2, 0.25) is 0 Å². The number of hydrogen-bond acceptors (Lipinski definition) is 6. The van der Waals surface area contributed by atoms with Crippen molar-refractivity contribution in [1.82, 2.24) is 29.6 Å². The fraction of sp³-hybridized carbons (Fsp3) is 0.250. The van der Waals surface area contributed by atoms with Gasteiger partial charge in [0.05, 0.1) is 0 Å². The zero-order chi connectivity index (χ0) is 19.3. The topological polar surface area (TPSA) is 80.0 Å². The number of nitrogens with zero attached hydrogens (tertiary/aromatic N) is 7. The van der Waals surface area contributed by atoms with Gasteiger partial charge < -0.3 is 9.80 Å². The van der Waals surface area contributed by atoms with Crippen molar-refractivity contribution in [2.24, 2.45) is 0 Å². The third-order valence-corrected chi connectivity index (χ3v) is 4.73. The van der Waals surface area contributed by atoms with E-state index in [0.29, 0.717) is 13.1 Å². The monoisotopic (exact) mass is 375 g/mol. The normalized spacial score (nSPS) is 14.6. The average molecular weight is 375 g/mol. The number of aryl methyl sites for hydroxylation is 1. The summed E-state index contributed by atoms with van der Waals surface area (Å²) >= 11 is 0. The van der Waals surface area contributed by atoms with Gasteiger partial charge in [-0.05, 0) is 36.8 Å². The third kappa shape index (κ3) is 3.90. The van der Waals surface area contributed by atoms with E-state index in [-0.39, 0.29) is 5.91 Å². The number of hydrogen-bond donors (Lipinski definition) is 0. The van der Waals surface area contributed by atoms with Gasteiger partial charge in [0.2, 0.25) is 5.91 Å². The summed E-state index contributed by atoms with van der Waals surface area (Å²) in [6, 6.07) is 7.67. The minimum absolute atomic E-state index is 0.0144. The summed E-state index contributed by atoms with van der Waals surface area (Å²) in [6.07, 6.45) is 10.4. The standard InChI is InChI=1S/C20H21N7O/c1-16-22-9-10-27(16)19-6-5-18(23-24-19)25-11-13-26(14-12-25)20(28)7-4-17-3-2-8-21-15-17/h2-10,15H,11-14H2,1H3/b7-4+. The molecule has 0 spiro atoms. The summed E-state index contributed by atoms with van der Waals surface area (Å²) < 4.78 is 1.89. The predicted octanol–water partition coefficient (Wildman–Crippen LogP) is 1.73. The van der Waals surface area contributed by atoms with Crippen LogP contribution in [-0.4, -0.2) is 61.7 Å². The Morgan fingerprint density at radius 1 is 1.04 bits per heavy atom. The van der Waals surface area contributed by atoms with Gasteiger partial charge >= 0.3 is 0 Å². The van der Waals surface area contributed by atoms with Crippen molar-refractivity contribution in [3.63, 3.8) is 0 Å². The Morgan fingerprint density at radius 2 is 1.82 bits per heavy atom. The maximum atomic E-state index is 12.4. The molecular formula is C20H21N7O. The zero-order valence-corrected chi connectivity index (χ0v) is 15.6. The Hall–Kier alpha value is -3.55. The number of aromatic nitrogens is 5. The molecule has 1 aliphatic heterocycles. The lowest BCUT2D eigenvalue weighted by Gasteiger charge is -2.34. The van der Waals surface area contributed by atoms with Crippen LogP contribution in [0.15, 0.2) is 55.1 Å². The van der Waals surface area contributed by atoms with E-state index in [0.717, 1.165) is 36.1 Å². The Kier molecular flexibility index (Phi) is 5.09. The number of carbonyl (C=O) groups excluding carboxylic acids is 1. The minimum atomic E-state index is 0.0144. The summed E-state index contributed by atoms with van der Waals surface area (Å²) in [5.74, 6) is 2.45. The quantitative estimate of drug-likeness (QED) is 0.646. The molecule has 0 N–H and O–H groups in total. The number of amides is 1. The SMILES string of the molecule is Cc1nccn1-c1ccc(N2CCN(C(=O)/C=C/c3cccnc3)CC2)nn1. The number of imidazole rings is 1. The summed E-state index contributed by atoms with van der Waals surface area (Å²) in [7, 11) is 0. The number of anilines is 1. The highest BCUT2D eigenvalue weighted by Crippen LogP contribution is 2.15. The average Bonchev–Trinajstić information content (AvgIpc) is 3.19. The Balaban J connectivity index is 1.34. The first kappa shape index (κ1) is 17.8. The van der Waals surface area contributed by atoms with Gasteiger partial charge in [0.15, 0.2) is 11.6 Å². The molecule has 0 aromatic carbocycles. The molecule has 0 radical (unpaired) electrons. The molecule has 3 aromatic rings. The summed E-state index contributed by atoms with van der Waals surface area (Å²) in [5.41, 5.74) is 0.915. The van der Waals surface area contributed by atoms with Gasteiger partial charge in [-0.1, -0.05) is 6.07 Å². The summed E-state index contributed by atoms with van der Waals surface area (Å²) in [4.78, 5) is 24.6. The second kappa shape index (κ2) is 7.99. The van der Waals surface area contributed by atoms with Gasteiger partial charge in [0.25, 0.3) is 0 Å². The second-order valence-electron chi connectivity index (χ2n) is 6.53. The Bertz CT molecular complexity index is 958. The van der Waals surface area contributed by atoms with Crippen LogP contribution in [-0.2, 0) is 4.79 Å². The van der Waals surface area contributed by atoms with Gasteiger partial charge in [0.1, 0.15) is 5.82 Å². The molecule has 28 heavy (non-hydrogen) atoms. The van der Waals surface area contributed by atoms with Gasteiger partial charge in [-0.15, -0.1) is 10.2 Å². The van der Waals surface area contributed by atoms with Gasteiger partial charge in [-0.3, -0.25) is 14.3 Å². The first-order valence-electron chi connectivity index (χ1n) is 9.17. The molecule has 0 unspecified atom stereocenters. The second-order valence-corrected chi connectivity index (χ2v) is 6.53. The van der Waals surface area contributed by atoms with E-state index in [1.54, 1.807) is 30.7 Å². The molecule has 0 atom stereocenters. The van der Waals surface area contributed by atoms with E-state index in [4.69, 9.17) is 0 Å². The van der Waals surface area contributed by atoms with Crippen LogP contribution in [0, 0.1) is 6.92 Å². The molecule has 1 saturated heterocycles. The highest BCUT2D eigenvalue weighted by Gasteiger charge is 2.21. The highest BCUT2D eigenvalue weighted by molar-refractivity contribution is 5.91. The molecule has 142 valence electrons. The molecule has 8 heteroatoms. The molecular weight excluding hydrogens is 354 g/mol. The molecule has 1 amide bonds. The van der Waals surface area contributed by atoms with Crippen LogP contribution >= 0.6 is 0 Å². The van der Waals surface area contributed by atoms with Crippen molar-refractivity contribution in [2.75, 3.05) is 31.1 Å². The zero-order valence-electron chi connectivity index (χ0n) is 15.6. The largest absolute Gasteiger partial charge is 0.352 e. The maximum Gasteiger partial charge on any atom is 0.246 e. The molecule has 4 heterocycles. The third-order valence-electron chi connectivity index (χ3n) is 4.73. The first-order chi connectivity index (χ1) is 13.7. The number of piperazine rings is 1. The lowest BCUT2D eigenvalue weighted by atomic mass is 10.2. The molecule has 4 rings (SSSR count). The van der Waals surface area contributed by atoms with Crippen molar-refractivity contribution in [2.45, 2.75) is 6.92 Å². The Morgan fingerprint density at radius 3 is 2.46 bits per heavy atom. The first-order valence-corrected chi connectivity index (χ1v) is 9.17. The number of pyridine rings is 1. The van der Waals surface area contributed by atoms with Crippen LogP contribution < -0.4 is 4.90 Å². The predicted molar refractivity (Wildman–Crippen MR) is 106 cm³/mol.